The second-order valence-electron chi connectivity index (χ2n) is 6.89. The second-order valence-corrected chi connectivity index (χ2v) is 6.89. The van der Waals surface area contributed by atoms with E-state index in [0.717, 1.165) is 18.8 Å². The molecule has 1 aliphatic rings. The molecule has 1 aromatic carbocycles. The van der Waals surface area contributed by atoms with E-state index in [4.69, 9.17) is 4.42 Å². The summed E-state index contributed by atoms with van der Waals surface area (Å²) in [4.78, 5) is 13.5. The molecule has 0 spiro atoms. The van der Waals surface area contributed by atoms with Gasteiger partial charge in [-0.1, -0.05) is 38.1 Å². The molecule has 0 saturated carbocycles. The summed E-state index contributed by atoms with van der Waals surface area (Å²) >= 11 is 0. The third kappa shape index (κ3) is 3.54. The molecule has 1 aromatic heterocycles. The van der Waals surface area contributed by atoms with E-state index in [9.17, 15) is 9.90 Å². The van der Waals surface area contributed by atoms with Gasteiger partial charge in [-0.2, -0.15) is 0 Å². The Morgan fingerprint density at radius 3 is 2.25 bits per heavy atom. The van der Waals surface area contributed by atoms with Gasteiger partial charge in [-0.15, -0.1) is 0 Å². The van der Waals surface area contributed by atoms with Crippen molar-refractivity contribution in [3.05, 3.63) is 59.5 Å². The molecule has 128 valence electrons. The van der Waals surface area contributed by atoms with Crippen LogP contribution in [0.3, 0.4) is 0 Å². The van der Waals surface area contributed by atoms with E-state index in [2.05, 4.69) is 43.0 Å². The van der Waals surface area contributed by atoms with Crippen LogP contribution in [0.25, 0.3) is 0 Å². The molecule has 1 unspecified atom stereocenters. The van der Waals surface area contributed by atoms with Crippen molar-refractivity contribution in [2.24, 2.45) is 5.92 Å². The van der Waals surface area contributed by atoms with Gasteiger partial charge in [0.1, 0.15) is 5.76 Å². The molecule has 1 fully saturated rings. The number of carboxylic acids is 1. The summed E-state index contributed by atoms with van der Waals surface area (Å²) in [5, 5.41) is 9.21. The first-order valence-corrected chi connectivity index (χ1v) is 8.66. The van der Waals surface area contributed by atoms with Gasteiger partial charge in [-0.25, -0.2) is 0 Å². The molecule has 1 N–H and O–H groups in total. The van der Waals surface area contributed by atoms with Crippen LogP contribution in [-0.4, -0.2) is 29.1 Å². The highest BCUT2D eigenvalue weighted by molar-refractivity contribution is 5.70. The number of aliphatic carboxylic acids is 1. The average Bonchev–Trinajstić information content (AvgIpc) is 3.10. The van der Waals surface area contributed by atoms with E-state index >= 15 is 0 Å². The monoisotopic (exact) mass is 327 g/mol. The Balaban J connectivity index is 1.84. The number of carboxylic acid groups (broad SMARTS) is 1. The summed E-state index contributed by atoms with van der Waals surface area (Å²) in [7, 11) is 0. The zero-order valence-electron chi connectivity index (χ0n) is 14.3. The molecule has 0 radical (unpaired) electrons. The number of rotatable bonds is 5. The molecule has 1 atom stereocenters. The van der Waals surface area contributed by atoms with Crippen LogP contribution in [-0.2, 0) is 4.79 Å². The highest BCUT2D eigenvalue weighted by Gasteiger charge is 2.31. The second kappa shape index (κ2) is 7.22. The van der Waals surface area contributed by atoms with E-state index in [0.29, 0.717) is 18.8 Å². The number of hydrogen-bond donors (Lipinski definition) is 1. The zero-order valence-corrected chi connectivity index (χ0v) is 14.3. The van der Waals surface area contributed by atoms with E-state index in [1.807, 2.05) is 12.1 Å². The Kier molecular flexibility index (Phi) is 5.05. The number of benzene rings is 1. The summed E-state index contributed by atoms with van der Waals surface area (Å²) in [6.45, 7) is 5.92. The minimum absolute atomic E-state index is 0.0518. The first kappa shape index (κ1) is 16.8. The van der Waals surface area contributed by atoms with Crippen molar-refractivity contribution < 1.29 is 14.3 Å². The minimum atomic E-state index is -0.675. The van der Waals surface area contributed by atoms with Crippen LogP contribution in [0.2, 0.25) is 0 Å². The van der Waals surface area contributed by atoms with Crippen LogP contribution in [0.4, 0.5) is 0 Å². The fourth-order valence-corrected chi connectivity index (χ4v) is 3.47. The number of nitrogens with zero attached hydrogens (tertiary/aromatic N) is 1. The van der Waals surface area contributed by atoms with Gasteiger partial charge in [0.2, 0.25) is 0 Å². The van der Waals surface area contributed by atoms with E-state index in [-0.39, 0.29) is 12.0 Å². The summed E-state index contributed by atoms with van der Waals surface area (Å²) in [6.07, 6.45) is 3.09. The van der Waals surface area contributed by atoms with Gasteiger partial charge in [-0.3, -0.25) is 9.69 Å². The fourth-order valence-electron chi connectivity index (χ4n) is 3.47. The lowest BCUT2D eigenvalue weighted by Crippen LogP contribution is -2.39. The number of piperidine rings is 1. The normalized spacial score (nSPS) is 18.0. The molecule has 1 saturated heterocycles. The molecule has 0 aliphatic carbocycles. The summed E-state index contributed by atoms with van der Waals surface area (Å²) in [5.74, 6) is 0.529. The molecule has 2 aromatic rings. The van der Waals surface area contributed by atoms with Crippen LogP contribution < -0.4 is 0 Å². The van der Waals surface area contributed by atoms with Gasteiger partial charge < -0.3 is 9.52 Å². The highest BCUT2D eigenvalue weighted by Crippen LogP contribution is 2.33. The molecular weight excluding hydrogens is 302 g/mol. The van der Waals surface area contributed by atoms with Crippen molar-refractivity contribution in [2.45, 2.75) is 38.6 Å². The van der Waals surface area contributed by atoms with Crippen molar-refractivity contribution in [1.82, 2.24) is 4.90 Å². The fraction of sp³-hybridized carbons (Fsp3) is 0.450. The SMILES string of the molecule is CC(C)c1ccc(C(c2ccco2)N2CCC(C(=O)O)CC2)cc1. The minimum Gasteiger partial charge on any atom is -0.481 e. The smallest absolute Gasteiger partial charge is 0.306 e. The van der Waals surface area contributed by atoms with Crippen molar-refractivity contribution in [2.75, 3.05) is 13.1 Å². The Morgan fingerprint density at radius 1 is 1.12 bits per heavy atom. The van der Waals surface area contributed by atoms with Crippen molar-refractivity contribution in [1.29, 1.82) is 0 Å². The van der Waals surface area contributed by atoms with Gasteiger partial charge in [0.25, 0.3) is 0 Å². The van der Waals surface area contributed by atoms with Gasteiger partial charge >= 0.3 is 5.97 Å². The third-order valence-electron chi connectivity index (χ3n) is 4.98. The Labute approximate surface area is 143 Å². The van der Waals surface area contributed by atoms with Crippen molar-refractivity contribution in [3.8, 4) is 0 Å². The molecular formula is C20H25NO3. The number of furan rings is 1. The Bertz CT molecular complexity index is 653. The van der Waals surface area contributed by atoms with Crippen LogP contribution in [0.1, 0.15) is 55.5 Å². The summed E-state index contributed by atoms with van der Waals surface area (Å²) in [6, 6.07) is 12.7. The van der Waals surface area contributed by atoms with E-state index in [1.165, 1.54) is 11.1 Å². The molecule has 24 heavy (non-hydrogen) atoms. The molecule has 4 nitrogen and oxygen atoms in total. The average molecular weight is 327 g/mol. The molecule has 1 aliphatic heterocycles. The summed E-state index contributed by atoms with van der Waals surface area (Å²) < 4.78 is 5.70. The molecule has 0 amide bonds. The molecule has 0 bridgehead atoms. The lowest BCUT2D eigenvalue weighted by molar-refractivity contribution is -0.143. The highest BCUT2D eigenvalue weighted by atomic mass is 16.4. The number of likely N-dealkylation sites (tertiary alicyclic amines) is 1. The lowest BCUT2D eigenvalue weighted by atomic mass is 9.92. The number of carbonyl (C=O) groups is 1. The van der Waals surface area contributed by atoms with Crippen molar-refractivity contribution in [3.63, 3.8) is 0 Å². The maximum absolute atomic E-state index is 11.2. The van der Waals surface area contributed by atoms with Crippen LogP contribution in [0.5, 0.6) is 0 Å². The van der Waals surface area contributed by atoms with Crippen LogP contribution >= 0.6 is 0 Å². The first-order chi connectivity index (χ1) is 11.6. The topological polar surface area (TPSA) is 53.7 Å². The molecule has 2 heterocycles. The van der Waals surface area contributed by atoms with Crippen LogP contribution in [0.15, 0.2) is 47.1 Å². The molecule has 4 heteroatoms. The van der Waals surface area contributed by atoms with Gasteiger partial charge in [0, 0.05) is 0 Å². The van der Waals surface area contributed by atoms with E-state index in [1.54, 1.807) is 6.26 Å². The van der Waals surface area contributed by atoms with Crippen molar-refractivity contribution >= 4 is 5.97 Å². The van der Waals surface area contributed by atoms with Gasteiger partial charge in [0.05, 0.1) is 18.2 Å². The van der Waals surface area contributed by atoms with E-state index < -0.39 is 5.97 Å². The Hall–Kier alpha value is -2.07. The standard InChI is InChI=1S/C20H25NO3/c1-14(2)15-5-7-16(8-6-15)19(18-4-3-13-24-18)21-11-9-17(10-12-21)20(22)23/h3-8,13-14,17,19H,9-12H2,1-2H3,(H,22,23). The largest absolute Gasteiger partial charge is 0.481 e. The van der Waals surface area contributed by atoms with Gasteiger partial charge in [0.15, 0.2) is 0 Å². The predicted octanol–water partition coefficient (Wildman–Crippen LogP) is 4.29. The third-order valence-corrected chi connectivity index (χ3v) is 4.98. The quantitative estimate of drug-likeness (QED) is 0.890. The zero-order chi connectivity index (χ0) is 17.1. The number of hydrogen-bond acceptors (Lipinski definition) is 3. The molecule has 3 rings (SSSR count). The van der Waals surface area contributed by atoms with Gasteiger partial charge in [-0.05, 0) is 55.1 Å². The maximum Gasteiger partial charge on any atom is 0.306 e. The predicted molar refractivity (Wildman–Crippen MR) is 93.0 cm³/mol. The van der Waals surface area contributed by atoms with Crippen LogP contribution in [0, 0.1) is 5.92 Å². The maximum atomic E-state index is 11.2. The Morgan fingerprint density at radius 2 is 1.75 bits per heavy atom. The summed E-state index contributed by atoms with van der Waals surface area (Å²) in [5.41, 5.74) is 2.52. The lowest BCUT2D eigenvalue weighted by Gasteiger charge is -2.35. The first-order valence-electron chi connectivity index (χ1n) is 8.66.